The number of hydrogen-bond acceptors (Lipinski definition) is 3. The molecule has 1 atom stereocenters. The predicted octanol–water partition coefficient (Wildman–Crippen LogP) is 4.30. The van der Waals surface area contributed by atoms with Gasteiger partial charge in [-0.3, -0.25) is 9.78 Å². The molecule has 1 amide bonds. The maximum atomic E-state index is 13.2. The average Bonchev–Trinajstić information content (AvgIpc) is 2.89. The molecule has 2 aromatic carbocycles. The molecule has 0 aliphatic heterocycles. The van der Waals surface area contributed by atoms with Crippen LogP contribution in [0.5, 0.6) is 0 Å². The van der Waals surface area contributed by atoms with Gasteiger partial charge in [-0.1, -0.05) is 61.9 Å². The van der Waals surface area contributed by atoms with Crippen molar-refractivity contribution in [3.8, 4) is 11.3 Å². The number of para-hydroxylation sites is 1. The predicted molar refractivity (Wildman–Crippen MR) is 138 cm³/mol. The lowest BCUT2D eigenvalue weighted by molar-refractivity contribution is -0.914. The molecule has 0 aliphatic carbocycles. The highest BCUT2D eigenvalue weighted by molar-refractivity contribution is 6.07. The second-order valence-corrected chi connectivity index (χ2v) is 8.69. The van der Waals surface area contributed by atoms with Gasteiger partial charge in [0.1, 0.15) is 6.54 Å². The zero-order valence-corrected chi connectivity index (χ0v) is 19.8. The van der Waals surface area contributed by atoms with Gasteiger partial charge in [0.2, 0.25) is 0 Å². The number of carbonyl (C=O) groups excluding carboxylic acids is 1. The van der Waals surface area contributed by atoms with Gasteiger partial charge in [0, 0.05) is 41.9 Å². The number of aromatic nitrogens is 2. The van der Waals surface area contributed by atoms with E-state index in [1.54, 1.807) is 17.3 Å². The van der Waals surface area contributed by atoms with Crippen LogP contribution in [-0.4, -0.2) is 35.5 Å². The number of hydrogen-bond donors (Lipinski definition) is 2. The van der Waals surface area contributed by atoms with Gasteiger partial charge in [-0.05, 0) is 30.7 Å². The van der Waals surface area contributed by atoms with Crippen LogP contribution in [0.15, 0.2) is 85.2 Å². The Labute approximate surface area is 201 Å². The molecule has 0 bridgehead atoms. The Kier molecular flexibility index (Phi) is 8.36. The number of amides is 1. The van der Waals surface area contributed by atoms with E-state index in [9.17, 15) is 4.79 Å². The van der Waals surface area contributed by atoms with Crippen LogP contribution in [-0.2, 0) is 6.54 Å². The molecule has 0 saturated heterocycles. The molecule has 0 saturated carbocycles. The summed E-state index contributed by atoms with van der Waals surface area (Å²) in [6, 6.07) is 24.2. The third kappa shape index (κ3) is 6.27. The molecule has 0 aliphatic rings. The number of carbonyl (C=O) groups is 1. The van der Waals surface area contributed by atoms with Gasteiger partial charge < -0.3 is 10.2 Å². The van der Waals surface area contributed by atoms with Crippen LogP contribution in [0.2, 0.25) is 0 Å². The Hall–Kier alpha value is -3.57. The monoisotopic (exact) mass is 453 g/mol. The Morgan fingerprint density at radius 1 is 0.941 bits per heavy atom. The molecule has 0 radical (unpaired) electrons. The molecule has 5 nitrogen and oxygen atoms in total. The van der Waals surface area contributed by atoms with Crippen molar-refractivity contribution in [1.29, 1.82) is 0 Å². The SMILES string of the molecule is CCCC[NH+](CCCNC(=O)c1cc(-c2cccnc2)nc2ccccc12)Cc1ccccc1. The zero-order valence-electron chi connectivity index (χ0n) is 19.8. The van der Waals surface area contributed by atoms with Gasteiger partial charge in [0.15, 0.2) is 0 Å². The number of nitrogens with zero attached hydrogens (tertiary/aromatic N) is 2. The molecular weight excluding hydrogens is 420 g/mol. The quantitative estimate of drug-likeness (QED) is 0.333. The summed E-state index contributed by atoms with van der Waals surface area (Å²) in [7, 11) is 0. The summed E-state index contributed by atoms with van der Waals surface area (Å²) < 4.78 is 0. The lowest BCUT2D eigenvalue weighted by Gasteiger charge is -2.19. The molecule has 5 heteroatoms. The second-order valence-electron chi connectivity index (χ2n) is 8.69. The molecule has 2 aromatic heterocycles. The largest absolute Gasteiger partial charge is 0.352 e. The number of rotatable bonds is 11. The number of benzene rings is 2. The Balaban J connectivity index is 1.41. The van der Waals surface area contributed by atoms with Gasteiger partial charge in [0.25, 0.3) is 5.91 Å². The van der Waals surface area contributed by atoms with E-state index in [4.69, 9.17) is 4.98 Å². The minimum Gasteiger partial charge on any atom is -0.352 e. The lowest BCUT2D eigenvalue weighted by Crippen LogP contribution is -3.10. The van der Waals surface area contributed by atoms with Crippen LogP contribution in [0.1, 0.15) is 42.1 Å². The number of quaternary nitrogens is 1. The van der Waals surface area contributed by atoms with Crippen LogP contribution in [0.4, 0.5) is 0 Å². The van der Waals surface area contributed by atoms with Gasteiger partial charge in [-0.15, -0.1) is 0 Å². The van der Waals surface area contributed by atoms with E-state index < -0.39 is 0 Å². The summed E-state index contributed by atoms with van der Waals surface area (Å²) in [6.45, 7) is 6.11. The molecule has 34 heavy (non-hydrogen) atoms. The first-order valence-electron chi connectivity index (χ1n) is 12.2. The number of unbranched alkanes of at least 4 members (excludes halogenated alkanes) is 1. The molecule has 4 aromatic rings. The Morgan fingerprint density at radius 2 is 1.74 bits per heavy atom. The summed E-state index contributed by atoms with van der Waals surface area (Å²) in [5, 5.41) is 4.02. The molecule has 174 valence electrons. The maximum Gasteiger partial charge on any atom is 0.252 e. The minimum atomic E-state index is -0.0538. The third-order valence-corrected chi connectivity index (χ3v) is 6.09. The van der Waals surface area contributed by atoms with E-state index in [1.807, 2.05) is 42.5 Å². The first-order valence-corrected chi connectivity index (χ1v) is 12.2. The van der Waals surface area contributed by atoms with Gasteiger partial charge in [-0.2, -0.15) is 0 Å². The molecule has 2 heterocycles. The van der Waals surface area contributed by atoms with Crippen molar-refractivity contribution >= 4 is 16.8 Å². The lowest BCUT2D eigenvalue weighted by atomic mass is 10.0. The van der Waals surface area contributed by atoms with Crippen molar-refractivity contribution in [1.82, 2.24) is 15.3 Å². The summed E-state index contributed by atoms with van der Waals surface area (Å²) in [5.74, 6) is -0.0538. The molecule has 2 N–H and O–H groups in total. The van der Waals surface area contributed by atoms with Crippen LogP contribution >= 0.6 is 0 Å². The number of nitrogens with one attached hydrogen (secondary N) is 2. The maximum absolute atomic E-state index is 13.2. The van der Waals surface area contributed by atoms with Crippen LogP contribution in [0.3, 0.4) is 0 Å². The van der Waals surface area contributed by atoms with Crippen LogP contribution in [0, 0.1) is 0 Å². The molecule has 0 spiro atoms. The van der Waals surface area contributed by atoms with Crippen LogP contribution in [0.25, 0.3) is 22.2 Å². The normalized spacial score (nSPS) is 11.9. The fraction of sp³-hybridized carbons (Fsp3) is 0.276. The van der Waals surface area contributed by atoms with Crippen molar-refractivity contribution in [3.63, 3.8) is 0 Å². The van der Waals surface area contributed by atoms with Gasteiger partial charge in [-0.25, -0.2) is 4.98 Å². The van der Waals surface area contributed by atoms with E-state index in [2.05, 4.69) is 47.6 Å². The highest BCUT2D eigenvalue weighted by atomic mass is 16.1. The Morgan fingerprint density at radius 3 is 2.53 bits per heavy atom. The first-order chi connectivity index (χ1) is 16.7. The summed E-state index contributed by atoms with van der Waals surface area (Å²) in [4.78, 5) is 23.7. The van der Waals surface area contributed by atoms with E-state index in [0.717, 1.165) is 48.2 Å². The number of fused-ring (bicyclic) bond motifs is 1. The number of pyridine rings is 2. The topological polar surface area (TPSA) is 59.3 Å². The fourth-order valence-electron chi connectivity index (χ4n) is 4.27. The van der Waals surface area contributed by atoms with Crippen LogP contribution < -0.4 is 10.2 Å². The summed E-state index contributed by atoms with van der Waals surface area (Å²) in [6.07, 6.45) is 6.87. The van der Waals surface area contributed by atoms with Crippen molar-refractivity contribution < 1.29 is 9.69 Å². The third-order valence-electron chi connectivity index (χ3n) is 6.09. The molecule has 4 rings (SSSR count). The molecular formula is C29H33N4O+. The average molecular weight is 454 g/mol. The van der Waals surface area contributed by atoms with Gasteiger partial charge >= 0.3 is 0 Å². The van der Waals surface area contributed by atoms with E-state index in [1.165, 1.54) is 18.4 Å². The first kappa shape index (κ1) is 23.6. The zero-order chi connectivity index (χ0) is 23.6. The van der Waals surface area contributed by atoms with E-state index in [-0.39, 0.29) is 5.91 Å². The molecule has 0 fully saturated rings. The minimum absolute atomic E-state index is 0.0538. The van der Waals surface area contributed by atoms with E-state index in [0.29, 0.717) is 12.1 Å². The molecule has 1 unspecified atom stereocenters. The Bertz CT molecular complexity index is 1190. The highest BCUT2D eigenvalue weighted by Gasteiger charge is 2.15. The van der Waals surface area contributed by atoms with Crippen molar-refractivity contribution in [3.05, 3.63) is 96.3 Å². The summed E-state index contributed by atoms with van der Waals surface area (Å²) in [5.41, 5.74) is 4.49. The standard InChI is InChI=1S/C29H32N4O/c1-2-3-18-33(22-23-11-5-4-6-12-23)19-10-17-31-29(34)26-20-28(24-13-9-16-30-21-24)32-27-15-8-7-14-25(26)27/h4-9,11-16,20-21H,2-3,10,17-19,22H2,1H3,(H,31,34)/p+1. The van der Waals surface area contributed by atoms with Crippen molar-refractivity contribution in [2.45, 2.75) is 32.7 Å². The van der Waals surface area contributed by atoms with E-state index >= 15 is 0 Å². The second kappa shape index (κ2) is 12.1. The van der Waals surface area contributed by atoms with Crippen molar-refractivity contribution in [2.24, 2.45) is 0 Å². The van der Waals surface area contributed by atoms with Gasteiger partial charge in [0.05, 0.1) is 29.9 Å². The summed E-state index contributed by atoms with van der Waals surface area (Å²) >= 11 is 0. The smallest absolute Gasteiger partial charge is 0.252 e. The fourth-order valence-corrected chi connectivity index (χ4v) is 4.27. The van der Waals surface area contributed by atoms with Crippen molar-refractivity contribution in [2.75, 3.05) is 19.6 Å². The highest BCUT2D eigenvalue weighted by Crippen LogP contribution is 2.24.